The summed E-state index contributed by atoms with van der Waals surface area (Å²) >= 11 is 6.23. The Balaban J connectivity index is 1.33. The van der Waals surface area contributed by atoms with E-state index < -0.39 is 0 Å². The fourth-order valence-corrected chi connectivity index (χ4v) is 3.98. The fourth-order valence-electron chi connectivity index (χ4n) is 3.77. The first-order valence-corrected chi connectivity index (χ1v) is 10.2. The van der Waals surface area contributed by atoms with Crippen molar-refractivity contribution in [2.75, 3.05) is 19.6 Å². The second-order valence-electron chi connectivity index (χ2n) is 7.46. The molecular weight excluding hydrogens is 386 g/mol. The number of hydrogen-bond acceptors (Lipinski definition) is 4. The van der Waals surface area contributed by atoms with Crippen LogP contribution in [0, 0.1) is 0 Å². The standard InChI is InChI=1S/C23H24ClN3O2/c1-17-14-26(15-19-7-8-20-21(24)9-10-25-22(20)13-19)11-12-27(17)23(28)29-16-18-5-3-2-4-6-18/h2-10,13,17H,11-12,14-16H2,1H3/t17-/m0/s1. The van der Waals surface area contributed by atoms with Crippen LogP contribution in [0.25, 0.3) is 10.9 Å². The number of pyridine rings is 1. The molecule has 1 atom stereocenters. The summed E-state index contributed by atoms with van der Waals surface area (Å²) in [5.41, 5.74) is 3.10. The molecule has 1 aliphatic rings. The van der Waals surface area contributed by atoms with Crippen LogP contribution in [0.2, 0.25) is 5.02 Å². The number of piperazine rings is 1. The van der Waals surface area contributed by atoms with Gasteiger partial charge in [-0.3, -0.25) is 9.88 Å². The predicted molar refractivity (Wildman–Crippen MR) is 115 cm³/mol. The minimum Gasteiger partial charge on any atom is -0.445 e. The molecule has 6 heteroatoms. The number of ether oxygens (including phenoxy) is 1. The summed E-state index contributed by atoms with van der Waals surface area (Å²) < 4.78 is 5.50. The van der Waals surface area contributed by atoms with Gasteiger partial charge in [0.25, 0.3) is 0 Å². The Morgan fingerprint density at radius 1 is 1.14 bits per heavy atom. The van der Waals surface area contributed by atoms with Gasteiger partial charge in [0.05, 0.1) is 10.5 Å². The summed E-state index contributed by atoms with van der Waals surface area (Å²) in [6, 6.07) is 17.9. The van der Waals surface area contributed by atoms with Crippen molar-refractivity contribution in [3.8, 4) is 0 Å². The molecule has 1 fully saturated rings. The minimum absolute atomic E-state index is 0.0973. The van der Waals surface area contributed by atoms with Crippen LogP contribution >= 0.6 is 11.6 Å². The molecule has 1 saturated heterocycles. The molecule has 0 unspecified atom stereocenters. The molecule has 1 aromatic heterocycles. The van der Waals surface area contributed by atoms with Crippen molar-refractivity contribution < 1.29 is 9.53 Å². The lowest BCUT2D eigenvalue weighted by Crippen LogP contribution is -2.53. The van der Waals surface area contributed by atoms with Gasteiger partial charge in [-0.05, 0) is 30.2 Å². The third-order valence-corrected chi connectivity index (χ3v) is 5.64. The molecule has 1 aliphatic heterocycles. The van der Waals surface area contributed by atoms with Gasteiger partial charge >= 0.3 is 6.09 Å². The summed E-state index contributed by atoms with van der Waals surface area (Å²) in [5.74, 6) is 0. The van der Waals surface area contributed by atoms with Crippen LogP contribution in [0.1, 0.15) is 18.1 Å². The Morgan fingerprint density at radius 2 is 1.97 bits per heavy atom. The van der Waals surface area contributed by atoms with E-state index in [1.54, 1.807) is 12.3 Å². The van der Waals surface area contributed by atoms with Crippen LogP contribution in [0.3, 0.4) is 0 Å². The Morgan fingerprint density at radius 3 is 2.76 bits per heavy atom. The Bertz CT molecular complexity index is 996. The van der Waals surface area contributed by atoms with Gasteiger partial charge in [0.1, 0.15) is 6.61 Å². The largest absolute Gasteiger partial charge is 0.445 e. The summed E-state index contributed by atoms with van der Waals surface area (Å²) in [4.78, 5) is 21.1. The highest BCUT2D eigenvalue weighted by atomic mass is 35.5. The van der Waals surface area contributed by atoms with Gasteiger partial charge in [0, 0.05) is 43.8 Å². The average Bonchev–Trinajstić information content (AvgIpc) is 2.73. The number of nitrogens with zero attached hydrogens (tertiary/aromatic N) is 3. The third-order valence-electron chi connectivity index (χ3n) is 5.31. The summed E-state index contributed by atoms with van der Waals surface area (Å²) in [5, 5.41) is 1.69. The molecule has 3 aromatic rings. The van der Waals surface area contributed by atoms with Crippen LogP contribution < -0.4 is 0 Å². The molecule has 5 nitrogen and oxygen atoms in total. The number of carbonyl (C=O) groups is 1. The van der Waals surface area contributed by atoms with Gasteiger partial charge in [-0.15, -0.1) is 0 Å². The molecule has 0 radical (unpaired) electrons. The van der Waals surface area contributed by atoms with E-state index >= 15 is 0 Å². The SMILES string of the molecule is C[C@H]1CN(Cc2ccc3c(Cl)ccnc3c2)CCN1C(=O)OCc1ccccc1. The van der Waals surface area contributed by atoms with E-state index in [-0.39, 0.29) is 12.1 Å². The zero-order valence-corrected chi connectivity index (χ0v) is 17.2. The van der Waals surface area contributed by atoms with Crippen LogP contribution in [-0.2, 0) is 17.9 Å². The highest BCUT2D eigenvalue weighted by molar-refractivity contribution is 6.35. The van der Waals surface area contributed by atoms with Gasteiger partial charge in [-0.25, -0.2) is 4.79 Å². The van der Waals surface area contributed by atoms with Gasteiger partial charge in [-0.2, -0.15) is 0 Å². The lowest BCUT2D eigenvalue weighted by molar-refractivity contribution is 0.0459. The molecule has 0 saturated carbocycles. The summed E-state index contributed by atoms with van der Waals surface area (Å²) in [6.45, 7) is 5.47. The van der Waals surface area contributed by atoms with Gasteiger partial charge < -0.3 is 9.64 Å². The number of fused-ring (bicyclic) bond motifs is 1. The zero-order chi connectivity index (χ0) is 20.2. The predicted octanol–water partition coefficient (Wildman–Crippen LogP) is 4.73. The van der Waals surface area contributed by atoms with Gasteiger partial charge in [0.15, 0.2) is 0 Å². The number of aromatic nitrogens is 1. The molecule has 0 spiro atoms. The molecule has 2 aromatic carbocycles. The maximum atomic E-state index is 12.5. The first kappa shape index (κ1) is 19.7. The van der Waals surface area contributed by atoms with E-state index in [0.29, 0.717) is 13.2 Å². The van der Waals surface area contributed by atoms with Crippen LogP contribution in [0.5, 0.6) is 0 Å². The average molecular weight is 410 g/mol. The molecule has 150 valence electrons. The highest BCUT2D eigenvalue weighted by Gasteiger charge is 2.28. The van der Waals surface area contributed by atoms with E-state index in [9.17, 15) is 4.79 Å². The van der Waals surface area contributed by atoms with Crippen molar-refractivity contribution in [1.82, 2.24) is 14.8 Å². The summed E-state index contributed by atoms with van der Waals surface area (Å²) in [6.07, 6.45) is 1.49. The van der Waals surface area contributed by atoms with Crippen LogP contribution in [0.15, 0.2) is 60.8 Å². The molecule has 1 amide bonds. The highest BCUT2D eigenvalue weighted by Crippen LogP contribution is 2.23. The Kier molecular flexibility index (Phi) is 5.97. The van der Waals surface area contributed by atoms with Gasteiger partial charge in [0.2, 0.25) is 0 Å². The maximum Gasteiger partial charge on any atom is 0.410 e. The molecule has 2 heterocycles. The Hall–Kier alpha value is -2.63. The lowest BCUT2D eigenvalue weighted by atomic mass is 10.1. The van der Waals surface area contributed by atoms with Crippen molar-refractivity contribution >= 4 is 28.6 Å². The summed E-state index contributed by atoms with van der Waals surface area (Å²) in [7, 11) is 0. The second kappa shape index (κ2) is 8.80. The van der Waals surface area contributed by atoms with Crippen LogP contribution in [-0.4, -0.2) is 46.6 Å². The van der Waals surface area contributed by atoms with Crippen molar-refractivity contribution in [2.45, 2.75) is 26.1 Å². The van der Waals surface area contributed by atoms with Gasteiger partial charge in [-0.1, -0.05) is 54.1 Å². The maximum absolute atomic E-state index is 12.5. The fraction of sp³-hybridized carbons (Fsp3) is 0.304. The molecule has 0 aliphatic carbocycles. The van der Waals surface area contributed by atoms with Crippen molar-refractivity contribution in [1.29, 1.82) is 0 Å². The normalized spacial score (nSPS) is 17.4. The first-order chi connectivity index (χ1) is 14.1. The molecular formula is C23H24ClN3O2. The number of rotatable bonds is 4. The van der Waals surface area contributed by atoms with E-state index in [1.165, 1.54) is 5.56 Å². The zero-order valence-electron chi connectivity index (χ0n) is 16.4. The number of hydrogen-bond donors (Lipinski definition) is 0. The van der Waals surface area contributed by atoms with Crippen LogP contribution in [0.4, 0.5) is 4.79 Å². The van der Waals surface area contributed by atoms with Crippen molar-refractivity contribution in [3.05, 3.63) is 76.9 Å². The second-order valence-corrected chi connectivity index (χ2v) is 7.87. The Labute approximate surface area is 175 Å². The smallest absolute Gasteiger partial charge is 0.410 e. The quantitative estimate of drug-likeness (QED) is 0.624. The van der Waals surface area contributed by atoms with E-state index in [2.05, 4.69) is 28.9 Å². The van der Waals surface area contributed by atoms with E-state index in [0.717, 1.165) is 41.1 Å². The number of amides is 1. The molecule has 4 rings (SSSR count). The molecule has 29 heavy (non-hydrogen) atoms. The number of halogens is 1. The first-order valence-electron chi connectivity index (χ1n) is 9.83. The molecule has 0 bridgehead atoms. The number of benzene rings is 2. The lowest BCUT2D eigenvalue weighted by Gasteiger charge is -2.39. The monoisotopic (exact) mass is 409 g/mol. The molecule has 0 N–H and O–H groups in total. The topological polar surface area (TPSA) is 45.7 Å². The van der Waals surface area contributed by atoms with Crippen molar-refractivity contribution in [2.24, 2.45) is 0 Å². The van der Waals surface area contributed by atoms with Crippen molar-refractivity contribution in [3.63, 3.8) is 0 Å². The van der Waals surface area contributed by atoms with E-state index in [4.69, 9.17) is 16.3 Å². The number of carbonyl (C=O) groups excluding carboxylic acids is 1. The minimum atomic E-state index is -0.245. The van der Waals surface area contributed by atoms with E-state index in [1.807, 2.05) is 41.3 Å². The third kappa shape index (κ3) is 4.69.